The maximum absolute atomic E-state index is 11.4. The van der Waals surface area contributed by atoms with Crippen molar-refractivity contribution < 1.29 is 9.53 Å². The van der Waals surface area contributed by atoms with Gasteiger partial charge in [-0.15, -0.1) is 0 Å². The number of ether oxygens (including phenoxy) is 1. The van der Waals surface area contributed by atoms with Gasteiger partial charge in [0.15, 0.2) is 0 Å². The van der Waals surface area contributed by atoms with Crippen molar-refractivity contribution in [1.29, 1.82) is 0 Å². The molecule has 0 aromatic heterocycles. The molecule has 0 fully saturated rings. The molecule has 0 saturated carbocycles. The van der Waals surface area contributed by atoms with Crippen LogP contribution in [0.15, 0.2) is 12.1 Å². The Hall–Kier alpha value is -1.26. The van der Waals surface area contributed by atoms with Crippen LogP contribution in [0.5, 0.6) is 0 Å². The van der Waals surface area contributed by atoms with E-state index in [1.165, 1.54) is 0 Å². The van der Waals surface area contributed by atoms with E-state index in [4.69, 9.17) is 27.8 Å². The lowest BCUT2D eigenvalue weighted by molar-refractivity contribution is -0.144. The number of esters is 1. The summed E-state index contributed by atoms with van der Waals surface area (Å²) in [6.07, 6.45) is 0.389. The lowest BCUT2D eigenvalue weighted by Gasteiger charge is -2.12. The van der Waals surface area contributed by atoms with Crippen LogP contribution in [0.4, 0.5) is 5.69 Å². The summed E-state index contributed by atoms with van der Waals surface area (Å²) in [6.45, 7) is 3.93. The van der Waals surface area contributed by atoms with E-state index >= 15 is 0 Å². The monoisotopic (exact) mass is 256 g/mol. The molecule has 94 valence electrons. The second kappa shape index (κ2) is 5.89. The van der Waals surface area contributed by atoms with Crippen LogP contribution >= 0.6 is 11.6 Å². The molecule has 0 aliphatic carbocycles. The summed E-state index contributed by atoms with van der Waals surface area (Å²) in [7, 11) is 0. The second-order valence-corrected chi connectivity index (χ2v) is 4.28. The molecule has 1 atom stereocenters. The molecule has 17 heavy (non-hydrogen) atoms. The number of aryl methyl sites for hydroxylation is 1. The predicted octanol–water partition coefficient (Wildman–Crippen LogP) is 1.66. The summed E-state index contributed by atoms with van der Waals surface area (Å²) in [5.41, 5.74) is 13.8. The van der Waals surface area contributed by atoms with Crippen molar-refractivity contribution in [3.63, 3.8) is 0 Å². The summed E-state index contributed by atoms with van der Waals surface area (Å²) in [4.78, 5) is 11.4. The molecule has 4 N–H and O–H groups in total. The van der Waals surface area contributed by atoms with Gasteiger partial charge < -0.3 is 16.2 Å². The van der Waals surface area contributed by atoms with Gasteiger partial charge in [0, 0.05) is 0 Å². The van der Waals surface area contributed by atoms with Gasteiger partial charge in [-0.1, -0.05) is 17.7 Å². The number of anilines is 1. The molecule has 0 unspecified atom stereocenters. The topological polar surface area (TPSA) is 78.3 Å². The van der Waals surface area contributed by atoms with Gasteiger partial charge in [-0.3, -0.25) is 4.79 Å². The molecule has 0 heterocycles. The zero-order valence-corrected chi connectivity index (χ0v) is 10.8. The highest BCUT2D eigenvalue weighted by Crippen LogP contribution is 2.24. The van der Waals surface area contributed by atoms with E-state index in [0.717, 1.165) is 11.1 Å². The zero-order chi connectivity index (χ0) is 13.0. The quantitative estimate of drug-likeness (QED) is 0.634. The molecule has 1 rings (SSSR count). The van der Waals surface area contributed by atoms with Gasteiger partial charge >= 0.3 is 5.97 Å². The SMILES string of the molecule is CCOC(=O)[C@H](N)Cc1cc(C)c(N)c(Cl)c1. The third-order valence-corrected chi connectivity index (χ3v) is 2.75. The lowest BCUT2D eigenvalue weighted by atomic mass is 10.0. The summed E-state index contributed by atoms with van der Waals surface area (Å²) in [5.74, 6) is -0.405. The third-order valence-electron chi connectivity index (χ3n) is 2.44. The second-order valence-electron chi connectivity index (χ2n) is 3.87. The maximum atomic E-state index is 11.4. The number of halogens is 1. The molecule has 1 aromatic carbocycles. The summed E-state index contributed by atoms with van der Waals surface area (Å²) in [5, 5.41) is 0.482. The van der Waals surface area contributed by atoms with Crippen LogP contribution in [0.1, 0.15) is 18.1 Å². The third kappa shape index (κ3) is 3.61. The molecule has 1 aromatic rings. The van der Waals surface area contributed by atoms with Crippen molar-refractivity contribution in [2.24, 2.45) is 5.73 Å². The largest absolute Gasteiger partial charge is 0.465 e. The highest BCUT2D eigenvalue weighted by atomic mass is 35.5. The van der Waals surface area contributed by atoms with Crippen molar-refractivity contribution >= 4 is 23.3 Å². The Morgan fingerprint density at radius 2 is 2.18 bits per heavy atom. The minimum absolute atomic E-state index is 0.327. The highest BCUT2D eigenvalue weighted by Gasteiger charge is 2.16. The van der Waals surface area contributed by atoms with Gasteiger partial charge in [-0.05, 0) is 37.5 Å². The molecule has 0 bridgehead atoms. The molecule has 0 aliphatic rings. The van der Waals surface area contributed by atoms with Gasteiger partial charge in [-0.25, -0.2) is 0 Å². The number of benzene rings is 1. The van der Waals surface area contributed by atoms with Crippen molar-refractivity contribution in [3.05, 3.63) is 28.3 Å². The Morgan fingerprint density at radius 3 is 2.71 bits per heavy atom. The van der Waals surface area contributed by atoms with Crippen LogP contribution in [0.25, 0.3) is 0 Å². The first-order chi connectivity index (χ1) is 7.95. The molecular weight excluding hydrogens is 240 g/mol. The van der Waals surface area contributed by atoms with Gasteiger partial charge in [0.1, 0.15) is 6.04 Å². The van der Waals surface area contributed by atoms with Crippen LogP contribution in [-0.4, -0.2) is 18.6 Å². The van der Waals surface area contributed by atoms with E-state index in [0.29, 0.717) is 23.7 Å². The minimum Gasteiger partial charge on any atom is -0.465 e. The average molecular weight is 257 g/mol. The number of carbonyl (C=O) groups excluding carboxylic acids is 1. The normalized spacial score (nSPS) is 12.2. The Labute approximate surface area is 106 Å². The number of hydrogen-bond acceptors (Lipinski definition) is 4. The predicted molar refractivity (Wildman–Crippen MR) is 68.9 cm³/mol. The van der Waals surface area contributed by atoms with Crippen molar-refractivity contribution in [3.8, 4) is 0 Å². The minimum atomic E-state index is -0.672. The lowest BCUT2D eigenvalue weighted by Crippen LogP contribution is -2.34. The first-order valence-corrected chi connectivity index (χ1v) is 5.80. The van der Waals surface area contributed by atoms with Crippen molar-refractivity contribution in [2.75, 3.05) is 12.3 Å². The Bertz CT molecular complexity index is 398. The first-order valence-electron chi connectivity index (χ1n) is 5.42. The number of nitrogens with two attached hydrogens (primary N) is 2. The van der Waals surface area contributed by atoms with E-state index in [2.05, 4.69) is 0 Å². The molecule has 0 amide bonds. The number of hydrogen-bond donors (Lipinski definition) is 2. The van der Waals surface area contributed by atoms with E-state index in [1.54, 1.807) is 13.0 Å². The first kappa shape index (κ1) is 13.8. The maximum Gasteiger partial charge on any atom is 0.323 e. The van der Waals surface area contributed by atoms with Crippen LogP contribution in [0.3, 0.4) is 0 Å². The highest BCUT2D eigenvalue weighted by molar-refractivity contribution is 6.33. The molecular formula is C12H17ClN2O2. The molecule has 0 radical (unpaired) electrons. The van der Waals surface area contributed by atoms with Crippen molar-refractivity contribution in [1.82, 2.24) is 0 Å². The summed E-state index contributed by atoms with van der Waals surface area (Å²) in [6, 6.07) is 2.93. The van der Waals surface area contributed by atoms with Crippen LogP contribution < -0.4 is 11.5 Å². The van der Waals surface area contributed by atoms with Crippen LogP contribution in [0.2, 0.25) is 5.02 Å². The average Bonchev–Trinajstić information content (AvgIpc) is 2.26. The van der Waals surface area contributed by atoms with E-state index in [9.17, 15) is 4.79 Å². The van der Waals surface area contributed by atoms with E-state index in [1.807, 2.05) is 13.0 Å². The van der Waals surface area contributed by atoms with Gasteiger partial charge in [0.25, 0.3) is 0 Å². The fourth-order valence-electron chi connectivity index (χ4n) is 1.53. The smallest absolute Gasteiger partial charge is 0.323 e. The zero-order valence-electron chi connectivity index (χ0n) is 10.00. The standard InChI is InChI=1S/C12H17ClN2O2/c1-3-17-12(16)10(14)6-8-4-7(2)11(15)9(13)5-8/h4-5,10H,3,6,14-15H2,1-2H3/t10-/m1/s1. The Balaban J connectivity index is 2.78. The molecule has 0 saturated heterocycles. The molecule has 0 spiro atoms. The number of nitrogen functional groups attached to an aromatic ring is 1. The fourth-order valence-corrected chi connectivity index (χ4v) is 1.82. The Kier molecular flexibility index (Phi) is 4.78. The Morgan fingerprint density at radius 1 is 1.53 bits per heavy atom. The van der Waals surface area contributed by atoms with Gasteiger partial charge in [0.05, 0.1) is 17.3 Å². The summed E-state index contributed by atoms with van der Waals surface area (Å²) >= 11 is 5.96. The van der Waals surface area contributed by atoms with Crippen molar-refractivity contribution in [2.45, 2.75) is 26.3 Å². The van der Waals surface area contributed by atoms with Crippen LogP contribution in [-0.2, 0) is 16.0 Å². The van der Waals surface area contributed by atoms with Gasteiger partial charge in [0.2, 0.25) is 0 Å². The number of rotatable bonds is 4. The summed E-state index contributed by atoms with van der Waals surface area (Å²) < 4.78 is 4.84. The number of carbonyl (C=O) groups is 1. The van der Waals surface area contributed by atoms with Gasteiger partial charge in [-0.2, -0.15) is 0 Å². The fraction of sp³-hybridized carbons (Fsp3) is 0.417. The van der Waals surface area contributed by atoms with E-state index < -0.39 is 12.0 Å². The molecule has 4 nitrogen and oxygen atoms in total. The molecule has 5 heteroatoms. The van der Waals surface area contributed by atoms with Crippen LogP contribution in [0, 0.1) is 6.92 Å². The van der Waals surface area contributed by atoms with E-state index in [-0.39, 0.29) is 0 Å². The molecule has 0 aliphatic heterocycles.